The minimum absolute atomic E-state index is 0. The molecule has 0 aliphatic heterocycles. The van der Waals surface area contributed by atoms with Crippen molar-refractivity contribution in [3.63, 3.8) is 0 Å². The Hall–Kier alpha value is 1.37. The van der Waals surface area contributed by atoms with Crippen LogP contribution in [-0.4, -0.2) is 0 Å². The van der Waals surface area contributed by atoms with Gasteiger partial charge in [-0.3, -0.25) is 0 Å². The Morgan fingerprint density at radius 3 is 0.294 bits per heavy atom. The second-order valence-corrected chi connectivity index (χ2v) is 2.27. The smallest absolute Gasteiger partial charge is 0.357 e. The predicted molar refractivity (Wildman–Crippen MR) is 0 cm³/mol. The molecule has 0 fully saturated rings. The van der Waals surface area contributed by atoms with E-state index >= 15 is 0 Å². The molecule has 0 spiro atoms. The zero-order chi connectivity index (χ0) is 14.3. The fourth-order valence-corrected chi connectivity index (χ4v) is 0. The fraction of sp³-hybridized carbons (Fsp3) is 0. The van der Waals surface area contributed by atoms with Gasteiger partial charge < -0.3 is 55.9 Å². The molecule has 0 saturated carbocycles. The fourth-order valence-electron chi connectivity index (χ4n) is 0. The van der Waals surface area contributed by atoms with Crippen LogP contribution >= 0.6 is 0 Å². The molecule has 0 aliphatic rings. The van der Waals surface area contributed by atoms with Gasteiger partial charge in [0.25, 0.3) is 0 Å². The standard InChI is InChI=1S/4ClO3.Mo/c4*2-1(3)4;/q4*-1;+4. The second kappa shape index (κ2) is 26.0. The van der Waals surface area contributed by atoms with E-state index in [0.717, 1.165) is 0 Å². The average molecular weight is 430 g/mol. The van der Waals surface area contributed by atoms with Crippen molar-refractivity contribution in [3.8, 4) is 0 Å². The van der Waals surface area contributed by atoms with Gasteiger partial charge in [0.2, 0.25) is 0 Å². The summed E-state index contributed by atoms with van der Waals surface area (Å²) >= 11 is 0. The van der Waals surface area contributed by atoms with Crippen molar-refractivity contribution in [1.82, 2.24) is 0 Å². The van der Waals surface area contributed by atoms with Crippen molar-refractivity contribution in [2.45, 2.75) is 0 Å². The van der Waals surface area contributed by atoms with Gasteiger partial charge in [-0.25, -0.2) is 0 Å². The first kappa shape index (κ1) is 31.0. The molecule has 0 aliphatic carbocycles. The average Bonchev–Trinajstić information content (AvgIpc) is 1.76. The van der Waals surface area contributed by atoms with Crippen LogP contribution in [-0.2, 0) is 21.1 Å². The van der Waals surface area contributed by atoms with E-state index in [9.17, 15) is 0 Å². The van der Waals surface area contributed by atoms with Crippen LogP contribution in [0.3, 0.4) is 0 Å². The van der Waals surface area contributed by atoms with E-state index in [2.05, 4.69) is 0 Å². The second-order valence-electron chi connectivity index (χ2n) is 0.756. The molecule has 12 nitrogen and oxygen atoms in total. The van der Waals surface area contributed by atoms with Gasteiger partial charge in [-0.15, -0.1) is 0 Å². The van der Waals surface area contributed by atoms with Crippen LogP contribution in [0.5, 0.6) is 0 Å². The van der Waals surface area contributed by atoms with Gasteiger partial charge in [-0.05, 0) is 0 Å². The summed E-state index contributed by atoms with van der Waals surface area (Å²) in [4.78, 5) is 0. The van der Waals surface area contributed by atoms with Crippen LogP contribution in [0.15, 0.2) is 0 Å². The minimum atomic E-state index is -2.85. The monoisotopic (exact) mass is 430 g/mol. The molecule has 0 atom stereocenters. The van der Waals surface area contributed by atoms with E-state index < -0.39 is 43.1 Å². The molecule has 0 amide bonds. The Kier molecular flexibility index (Phi) is 47.5. The maximum absolute atomic E-state index is 8.41. The van der Waals surface area contributed by atoms with Crippen molar-refractivity contribution >= 4 is 0 Å². The summed E-state index contributed by atoms with van der Waals surface area (Å²) in [5, 5.41) is 0. The van der Waals surface area contributed by atoms with Crippen LogP contribution < -0.4 is 55.9 Å². The van der Waals surface area contributed by atoms with Gasteiger partial charge in [0.1, 0.15) is 0 Å². The van der Waals surface area contributed by atoms with E-state index in [1.165, 1.54) is 0 Å². The number of rotatable bonds is 0. The molecule has 0 aromatic rings. The van der Waals surface area contributed by atoms with Crippen molar-refractivity contribution in [2.24, 2.45) is 0 Å². The van der Waals surface area contributed by atoms with E-state index in [0.29, 0.717) is 0 Å². The third kappa shape index (κ3) is 2190. The molecule has 0 unspecified atom stereocenters. The number of hydrogen-bond acceptors (Lipinski definition) is 12. The maximum Gasteiger partial charge on any atom is 4.00 e. The van der Waals surface area contributed by atoms with Gasteiger partial charge in [-0.2, -0.15) is 0 Å². The van der Waals surface area contributed by atoms with E-state index in [4.69, 9.17) is 55.9 Å². The van der Waals surface area contributed by atoms with Gasteiger partial charge in [0.05, 0.1) is 43.1 Å². The van der Waals surface area contributed by atoms with Crippen LogP contribution in [0.25, 0.3) is 0 Å². The van der Waals surface area contributed by atoms with Crippen LogP contribution in [0.2, 0.25) is 0 Å². The van der Waals surface area contributed by atoms with E-state index in [-0.39, 0.29) is 21.1 Å². The summed E-state index contributed by atoms with van der Waals surface area (Å²) in [6, 6.07) is 0. The zero-order valence-corrected chi connectivity index (χ0v) is 11.8. The van der Waals surface area contributed by atoms with Crippen LogP contribution in [0, 0.1) is 43.1 Å². The summed E-state index contributed by atoms with van der Waals surface area (Å²) in [5.41, 5.74) is 0. The molecule has 0 bridgehead atoms. The molecule has 0 rings (SSSR count). The Morgan fingerprint density at radius 1 is 0.294 bits per heavy atom. The molecule has 0 saturated heterocycles. The molecule has 0 N–H and O–H groups in total. The summed E-state index contributed by atoms with van der Waals surface area (Å²) in [6.45, 7) is 0. The van der Waals surface area contributed by atoms with Gasteiger partial charge in [0.15, 0.2) is 0 Å². The Morgan fingerprint density at radius 2 is 0.294 bits per heavy atom. The molecule has 0 radical (unpaired) electrons. The van der Waals surface area contributed by atoms with Crippen LogP contribution in [0.1, 0.15) is 0 Å². The first-order valence-electron chi connectivity index (χ1n) is 1.85. The molecule has 0 heterocycles. The van der Waals surface area contributed by atoms with Crippen molar-refractivity contribution in [1.29, 1.82) is 0 Å². The third-order valence-corrected chi connectivity index (χ3v) is 0. The van der Waals surface area contributed by atoms with Crippen molar-refractivity contribution in [2.75, 3.05) is 0 Å². The van der Waals surface area contributed by atoms with Gasteiger partial charge in [-0.1, -0.05) is 0 Å². The molecule has 0 aromatic heterocycles. The Bertz CT molecular complexity index is 61.5. The van der Waals surface area contributed by atoms with Crippen LogP contribution in [0.4, 0.5) is 0 Å². The van der Waals surface area contributed by atoms with E-state index in [1.807, 2.05) is 0 Å². The Balaban J connectivity index is -0.0000000369. The number of halogens is 4. The summed E-state index contributed by atoms with van der Waals surface area (Å²) < 4.78 is 101. The molecular weight excluding hydrogens is 430 g/mol. The molecule has 17 heteroatoms. The summed E-state index contributed by atoms with van der Waals surface area (Å²) in [5.74, 6) is 0. The van der Waals surface area contributed by atoms with E-state index in [1.54, 1.807) is 0 Å². The minimum Gasteiger partial charge on any atom is -0.357 e. The Labute approximate surface area is 120 Å². The third-order valence-electron chi connectivity index (χ3n) is 0. The molecule has 106 valence electrons. The quantitative estimate of drug-likeness (QED) is 0.324. The van der Waals surface area contributed by atoms with Crippen molar-refractivity contribution < 1.29 is 120 Å². The first-order chi connectivity index (χ1) is 6.93. The number of hydrogen-bond donors (Lipinski definition) is 0. The summed E-state index contributed by atoms with van der Waals surface area (Å²) in [7, 11) is -11.4. The van der Waals surface area contributed by atoms with Gasteiger partial charge in [0, 0.05) is 0 Å². The summed E-state index contributed by atoms with van der Waals surface area (Å²) in [6.07, 6.45) is 0. The SMILES string of the molecule is [Mo+4].[O-][Cl+2]([O-])[O-].[O-][Cl+2]([O-])[O-].[O-][Cl+2]([O-])[O-].[O-][Cl+2]([O-])[O-]. The molecular formula is Cl4MoO12. The zero-order valence-electron chi connectivity index (χ0n) is 6.82. The predicted octanol–water partition coefficient (Wildman–Crippen LogP) is -14.3. The normalized spacial score (nSPS) is 8.47. The molecule has 17 heavy (non-hydrogen) atoms. The maximum atomic E-state index is 8.41. The first-order valence-corrected chi connectivity index (χ1v) is 5.55. The largest absolute Gasteiger partial charge is 4.00 e. The van der Waals surface area contributed by atoms with Crippen molar-refractivity contribution in [3.05, 3.63) is 0 Å². The molecule has 0 aromatic carbocycles. The topological polar surface area (TPSA) is 277 Å². The van der Waals surface area contributed by atoms with Gasteiger partial charge >= 0.3 is 21.1 Å².